The van der Waals surface area contributed by atoms with Crippen LogP contribution in [0.1, 0.15) is 26.2 Å². The third-order valence-corrected chi connectivity index (χ3v) is 5.00. The molecule has 0 amide bonds. The lowest BCUT2D eigenvalue weighted by molar-refractivity contribution is -0.391. The van der Waals surface area contributed by atoms with Crippen molar-refractivity contribution in [3.8, 4) is 0 Å². The van der Waals surface area contributed by atoms with E-state index in [4.69, 9.17) is 10.1 Å². The van der Waals surface area contributed by atoms with Crippen LogP contribution in [0, 0.1) is 23.2 Å². The molecule has 1 saturated carbocycles. The van der Waals surface area contributed by atoms with Gasteiger partial charge in [0.1, 0.15) is 6.10 Å². The van der Waals surface area contributed by atoms with Crippen LogP contribution >= 0.6 is 0 Å². The second-order valence-electron chi connectivity index (χ2n) is 7.34. The highest BCUT2D eigenvalue weighted by molar-refractivity contribution is 5.89. The second-order valence-corrected chi connectivity index (χ2v) is 7.34. The highest BCUT2D eigenvalue weighted by Gasteiger charge is 2.75. The monoisotopic (exact) mass is 483 g/mol. The van der Waals surface area contributed by atoms with Crippen LogP contribution < -0.4 is 0 Å². The van der Waals surface area contributed by atoms with Crippen molar-refractivity contribution >= 4 is 5.90 Å². The van der Waals surface area contributed by atoms with Crippen LogP contribution in [-0.4, -0.2) is 47.4 Å². The van der Waals surface area contributed by atoms with Gasteiger partial charge in [-0.1, -0.05) is 6.58 Å². The molecule has 0 heterocycles. The van der Waals surface area contributed by atoms with Gasteiger partial charge in [-0.25, -0.2) is 0 Å². The van der Waals surface area contributed by atoms with Crippen molar-refractivity contribution in [3.05, 3.63) is 12.2 Å². The van der Waals surface area contributed by atoms with Gasteiger partial charge in [-0.2, -0.15) is 52.7 Å². The molecule has 0 aromatic rings. The lowest BCUT2D eigenvalue weighted by Gasteiger charge is -2.46. The molecule has 0 aromatic heterocycles. The number of ether oxygens (including phenoxy) is 1. The number of rotatable bonds is 4. The Labute approximate surface area is 167 Å². The summed E-state index contributed by atoms with van der Waals surface area (Å²) in [5.74, 6) is -11.2. The zero-order chi connectivity index (χ0) is 24.8. The van der Waals surface area contributed by atoms with Crippen molar-refractivity contribution in [2.24, 2.45) is 17.8 Å². The van der Waals surface area contributed by atoms with Gasteiger partial charge < -0.3 is 9.84 Å². The van der Waals surface area contributed by atoms with Crippen LogP contribution in [0.2, 0.25) is 0 Å². The Bertz CT molecular complexity index is 648. The predicted octanol–water partition coefficient (Wildman–Crippen LogP) is 5.94. The van der Waals surface area contributed by atoms with E-state index in [0.29, 0.717) is 0 Å². The fourth-order valence-electron chi connectivity index (χ4n) is 3.63. The van der Waals surface area contributed by atoms with E-state index >= 15 is 0 Å². The SMILES string of the molecule is C=C(C)C(=N)OC1CC(C(C(F)(F)F)C(F)(F)F)CC(C(O)(C(F)(F)F)C(F)(F)F)C1. The first-order valence-corrected chi connectivity index (χ1v) is 8.43. The van der Waals surface area contributed by atoms with E-state index in [0.717, 1.165) is 6.92 Å². The molecular weight excluding hydrogens is 466 g/mol. The molecule has 182 valence electrons. The minimum Gasteiger partial charge on any atom is -0.475 e. The van der Waals surface area contributed by atoms with Gasteiger partial charge in [-0.15, -0.1) is 0 Å². The quantitative estimate of drug-likeness (QED) is 0.296. The Hall–Kier alpha value is -1.67. The Morgan fingerprint density at radius 2 is 1.29 bits per heavy atom. The number of hydrogen-bond donors (Lipinski definition) is 2. The summed E-state index contributed by atoms with van der Waals surface area (Å²) in [4.78, 5) is 0. The van der Waals surface area contributed by atoms with Gasteiger partial charge in [-0.05, 0) is 32.1 Å². The van der Waals surface area contributed by atoms with Gasteiger partial charge in [0.15, 0.2) is 5.92 Å². The molecule has 0 aliphatic heterocycles. The first kappa shape index (κ1) is 27.4. The minimum absolute atomic E-state index is 0.233. The molecule has 0 bridgehead atoms. The molecule has 15 heteroatoms. The topological polar surface area (TPSA) is 53.3 Å². The van der Waals surface area contributed by atoms with Crippen molar-refractivity contribution in [1.29, 1.82) is 5.41 Å². The van der Waals surface area contributed by atoms with Crippen LogP contribution in [0.5, 0.6) is 0 Å². The minimum atomic E-state index is -6.46. The average molecular weight is 483 g/mol. The summed E-state index contributed by atoms with van der Waals surface area (Å²) < 4.78 is 162. The normalized spacial score (nSPS) is 24.3. The molecule has 0 radical (unpaired) electrons. The highest BCUT2D eigenvalue weighted by Crippen LogP contribution is 2.56. The molecule has 0 aromatic carbocycles. The van der Waals surface area contributed by atoms with Crippen LogP contribution in [0.3, 0.4) is 0 Å². The second kappa shape index (κ2) is 8.35. The van der Waals surface area contributed by atoms with Gasteiger partial charge in [-0.3, -0.25) is 5.41 Å². The van der Waals surface area contributed by atoms with Gasteiger partial charge >= 0.3 is 24.7 Å². The molecule has 1 fully saturated rings. The average Bonchev–Trinajstić information content (AvgIpc) is 2.48. The van der Waals surface area contributed by atoms with Crippen LogP contribution in [0.15, 0.2) is 12.2 Å². The molecule has 3 nitrogen and oxygen atoms in total. The van der Waals surface area contributed by atoms with Crippen molar-refractivity contribution in [1.82, 2.24) is 0 Å². The largest absolute Gasteiger partial charge is 0.475 e. The first-order chi connectivity index (χ1) is 13.5. The number of nitrogens with one attached hydrogen (secondary N) is 1. The van der Waals surface area contributed by atoms with E-state index in [1.807, 2.05) is 0 Å². The van der Waals surface area contributed by atoms with E-state index in [1.165, 1.54) is 0 Å². The third kappa shape index (κ3) is 5.77. The molecule has 31 heavy (non-hydrogen) atoms. The summed E-state index contributed by atoms with van der Waals surface area (Å²) in [6, 6.07) is 0. The lowest BCUT2D eigenvalue weighted by Crippen LogP contribution is -2.64. The van der Waals surface area contributed by atoms with Crippen LogP contribution in [0.25, 0.3) is 0 Å². The van der Waals surface area contributed by atoms with Crippen molar-refractivity contribution in [2.45, 2.75) is 62.6 Å². The maximum atomic E-state index is 13.2. The molecule has 1 aliphatic carbocycles. The Morgan fingerprint density at radius 3 is 1.61 bits per heavy atom. The summed E-state index contributed by atoms with van der Waals surface area (Å²) in [7, 11) is 0. The summed E-state index contributed by atoms with van der Waals surface area (Å²) in [5, 5.41) is 16.9. The molecule has 3 unspecified atom stereocenters. The summed E-state index contributed by atoms with van der Waals surface area (Å²) in [6.07, 6.45) is -31.6. The fraction of sp³-hybridized carbons (Fsp3) is 0.812. The smallest absolute Gasteiger partial charge is 0.426 e. The van der Waals surface area contributed by atoms with E-state index in [-0.39, 0.29) is 5.57 Å². The van der Waals surface area contributed by atoms with Gasteiger partial charge in [0.2, 0.25) is 5.90 Å². The molecule has 0 saturated heterocycles. The van der Waals surface area contributed by atoms with Crippen molar-refractivity contribution in [3.63, 3.8) is 0 Å². The van der Waals surface area contributed by atoms with Crippen LogP contribution in [-0.2, 0) is 4.74 Å². The molecule has 1 aliphatic rings. The number of hydrogen-bond acceptors (Lipinski definition) is 3. The number of alkyl halides is 12. The summed E-state index contributed by atoms with van der Waals surface area (Å²) >= 11 is 0. The molecule has 0 spiro atoms. The van der Waals surface area contributed by atoms with E-state index < -0.39 is 79.3 Å². The number of halogens is 12. The van der Waals surface area contributed by atoms with E-state index in [9.17, 15) is 57.8 Å². The highest BCUT2D eigenvalue weighted by atomic mass is 19.4. The summed E-state index contributed by atoms with van der Waals surface area (Å²) in [6.45, 7) is 4.29. The van der Waals surface area contributed by atoms with Gasteiger partial charge in [0.25, 0.3) is 5.60 Å². The maximum Gasteiger partial charge on any atom is 0.426 e. The Kier molecular flexibility index (Phi) is 7.37. The summed E-state index contributed by atoms with van der Waals surface area (Å²) in [5.41, 5.74) is -5.82. The van der Waals surface area contributed by atoms with E-state index in [1.54, 1.807) is 0 Å². The zero-order valence-corrected chi connectivity index (χ0v) is 15.5. The van der Waals surface area contributed by atoms with E-state index in [2.05, 4.69) is 6.58 Å². The standard InChI is InChI=1S/C16H17F12NO2/c1-6(2)11(29)31-9-4-7(10(13(17,18)19)14(20,21)22)3-8(5-9)12(30,15(23,24)25)16(26,27)28/h7-10,29-30H,1,3-5H2,2H3. The predicted molar refractivity (Wildman–Crippen MR) is 80.9 cm³/mol. The molecule has 3 atom stereocenters. The van der Waals surface area contributed by atoms with Gasteiger partial charge in [0.05, 0.1) is 0 Å². The van der Waals surface area contributed by atoms with Crippen molar-refractivity contribution < 1.29 is 62.5 Å². The lowest BCUT2D eigenvalue weighted by atomic mass is 9.67. The fourth-order valence-corrected chi connectivity index (χ4v) is 3.63. The third-order valence-electron chi connectivity index (χ3n) is 5.00. The van der Waals surface area contributed by atoms with Crippen LogP contribution in [0.4, 0.5) is 52.7 Å². The number of aliphatic hydroxyl groups is 1. The maximum absolute atomic E-state index is 13.2. The molecular formula is C16H17F12NO2. The zero-order valence-electron chi connectivity index (χ0n) is 15.5. The molecule has 1 rings (SSSR count). The Balaban J connectivity index is 3.55. The first-order valence-electron chi connectivity index (χ1n) is 8.43. The van der Waals surface area contributed by atoms with Gasteiger partial charge in [0, 0.05) is 11.5 Å². The van der Waals surface area contributed by atoms with Crippen molar-refractivity contribution in [2.75, 3.05) is 0 Å². The Morgan fingerprint density at radius 1 is 0.871 bits per heavy atom. The molecule has 2 N–H and O–H groups in total.